The van der Waals surface area contributed by atoms with Crippen LogP contribution in [0.15, 0.2) is 34.9 Å². The minimum atomic E-state index is 0.0193. The van der Waals surface area contributed by atoms with E-state index in [-0.39, 0.29) is 6.04 Å². The van der Waals surface area contributed by atoms with Crippen molar-refractivity contribution in [2.24, 2.45) is 0 Å². The maximum absolute atomic E-state index is 5.62. The highest BCUT2D eigenvalue weighted by Gasteiger charge is 2.20. The molecule has 2 heterocycles. The molecule has 0 spiro atoms. The molecule has 2 aromatic rings. The number of nitrogens with one attached hydrogen (secondary N) is 1. The third-order valence-corrected chi connectivity index (χ3v) is 3.35. The monoisotopic (exact) mass is 259 g/mol. The second kappa shape index (κ2) is 4.97. The van der Waals surface area contributed by atoms with Crippen LogP contribution in [0.3, 0.4) is 0 Å². The van der Waals surface area contributed by atoms with Gasteiger partial charge in [0, 0.05) is 0 Å². The van der Waals surface area contributed by atoms with Gasteiger partial charge in [0.05, 0.1) is 12.3 Å². The number of hydrogen-bond acceptors (Lipinski definition) is 4. The summed E-state index contributed by atoms with van der Waals surface area (Å²) in [6.45, 7) is 3.25. The van der Waals surface area contributed by atoms with Crippen LogP contribution < -0.4 is 14.8 Å². The molecule has 0 bridgehead atoms. The molecule has 1 unspecified atom stereocenters. The van der Waals surface area contributed by atoms with Gasteiger partial charge in [-0.2, -0.15) is 0 Å². The average Bonchev–Trinajstić information content (AvgIpc) is 2.86. The first-order chi connectivity index (χ1) is 9.29. The number of ether oxygens (including phenoxy) is 2. The molecule has 1 aromatic heterocycles. The van der Waals surface area contributed by atoms with E-state index >= 15 is 0 Å². The van der Waals surface area contributed by atoms with E-state index in [0.717, 1.165) is 28.4 Å². The van der Waals surface area contributed by atoms with Crippen LogP contribution in [0.25, 0.3) is 0 Å². The Labute approximate surface area is 112 Å². The van der Waals surface area contributed by atoms with Gasteiger partial charge >= 0.3 is 0 Å². The molecule has 0 aliphatic carbocycles. The Bertz CT molecular complexity index is 577. The van der Waals surface area contributed by atoms with Gasteiger partial charge in [0.1, 0.15) is 19.0 Å². The fourth-order valence-corrected chi connectivity index (χ4v) is 2.37. The molecule has 1 aliphatic rings. The van der Waals surface area contributed by atoms with Gasteiger partial charge in [0.15, 0.2) is 11.5 Å². The Morgan fingerprint density at radius 2 is 1.89 bits per heavy atom. The van der Waals surface area contributed by atoms with Crippen LogP contribution in [-0.4, -0.2) is 20.3 Å². The van der Waals surface area contributed by atoms with Crippen LogP contribution >= 0.6 is 0 Å². The fourth-order valence-electron chi connectivity index (χ4n) is 2.37. The van der Waals surface area contributed by atoms with E-state index in [2.05, 4.69) is 5.32 Å². The van der Waals surface area contributed by atoms with Gasteiger partial charge in [-0.05, 0) is 43.3 Å². The Kier molecular flexibility index (Phi) is 3.17. The van der Waals surface area contributed by atoms with Crippen molar-refractivity contribution in [2.45, 2.75) is 13.0 Å². The number of rotatable bonds is 3. The number of aryl methyl sites for hydroxylation is 1. The van der Waals surface area contributed by atoms with E-state index < -0.39 is 0 Å². The van der Waals surface area contributed by atoms with Crippen LogP contribution in [0, 0.1) is 6.92 Å². The molecule has 3 rings (SSSR count). The molecule has 0 fully saturated rings. The van der Waals surface area contributed by atoms with Crippen LogP contribution in [-0.2, 0) is 0 Å². The molecule has 4 nitrogen and oxygen atoms in total. The standard InChI is InChI=1S/C15H17NO3/c1-10-5-6-19-15(10)14(16-2)11-3-4-12-13(9-11)18-8-7-17-12/h3-6,9,14,16H,7-8H2,1-2H3. The van der Waals surface area contributed by atoms with Crippen molar-refractivity contribution in [3.05, 3.63) is 47.4 Å². The van der Waals surface area contributed by atoms with E-state index in [1.165, 1.54) is 0 Å². The molecule has 0 saturated heterocycles. The molecule has 4 heteroatoms. The lowest BCUT2D eigenvalue weighted by atomic mass is 10.0. The van der Waals surface area contributed by atoms with E-state index in [9.17, 15) is 0 Å². The summed E-state index contributed by atoms with van der Waals surface area (Å²) < 4.78 is 16.7. The molecular formula is C15H17NO3. The van der Waals surface area contributed by atoms with Crippen molar-refractivity contribution in [1.29, 1.82) is 0 Å². The van der Waals surface area contributed by atoms with Gasteiger partial charge in [0.25, 0.3) is 0 Å². The molecule has 100 valence electrons. The summed E-state index contributed by atoms with van der Waals surface area (Å²) in [6.07, 6.45) is 1.72. The summed E-state index contributed by atoms with van der Waals surface area (Å²) >= 11 is 0. The van der Waals surface area contributed by atoms with Crippen LogP contribution in [0.5, 0.6) is 11.5 Å². The van der Waals surface area contributed by atoms with Gasteiger partial charge in [-0.1, -0.05) is 6.07 Å². The number of hydrogen-bond donors (Lipinski definition) is 1. The molecule has 0 radical (unpaired) electrons. The quantitative estimate of drug-likeness (QED) is 0.920. The molecule has 1 aliphatic heterocycles. The van der Waals surface area contributed by atoms with Crippen molar-refractivity contribution in [3.63, 3.8) is 0 Å². The lowest BCUT2D eigenvalue weighted by molar-refractivity contribution is 0.171. The Balaban J connectivity index is 1.98. The number of fused-ring (bicyclic) bond motifs is 1. The van der Waals surface area contributed by atoms with Crippen molar-refractivity contribution in [1.82, 2.24) is 5.32 Å². The summed E-state index contributed by atoms with van der Waals surface area (Å²) in [4.78, 5) is 0. The Morgan fingerprint density at radius 1 is 1.11 bits per heavy atom. The Hall–Kier alpha value is -1.94. The lowest BCUT2D eigenvalue weighted by Gasteiger charge is -2.21. The molecule has 1 aromatic carbocycles. The zero-order valence-electron chi connectivity index (χ0n) is 11.1. The second-order valence-electron chi connectivity index (χ2n) is 4.59. The van der Waals surface area contributed by atoms with Gasteiger partial charge in [-0.15, -0.1) is 0 Å². The second-order valence-corrected chi connectivity index (χ2v) is 4.59. The Morgan fingerprint density at radius 3 is 2.58 bits per heavy atom. The number of benzene rings is 1. The third kappa shape index (κ3) is 2.19. The van der Waals surface area contributed by atoms with E-state index in [1.807, 2.05) is 38.2 Å². The SMILES string of the molecule is CNC(c1ccc2c(c1)OCCO2)c1occc1C. The first-order valence-electron chi connectivity index (χ1n) is 6.40. The maximum atomic E-state index is 5.62. The van der Waals surface area contributed by atoms with Crippen molar-refractivity contribution < 1.29 is 13.9 Å². The molecule has 0 amide bonds. The number of furan rings is 1. The highest BCUT2D eigenvalue weighted by atomic mass is 16.6. The highest BCUT2D eigenvalue weighted by molar-refractivity contribution is 5.46. The third-order valence-electron chi connectivity index (χ3n) is 3.35. The topological polar surface area (TPSA) is 43.6 Å². The maximum Gasteiger partial charge on any atom is 0.161 e. The predicted molar refractivity (Wildman–Crippen MR) is 71.8 cm³/mol. The van der Waals surface area contributed by atoms with Gasteiger partial charge < -0.3 is 19.2 Å². The average molecular weight is 259 g/mol. The molecular weight excluding hydrogens is 242 g/mol. The van der Waals surface area contributed by atoms with Crippen molar-refractivity contribution >= 4 is 0 Å². The highest BCUT2D eigenvalue weighted by Crippen LogP contribution is 2.34. The predicted octanol–water partition coefficient (Wildman–Crippen LogP) is 2.67. The van der Waals surface area contributed by atoms with Crippen LogP contribution in [0.4, 0.5) is 0 Å². The summed E-state index contributed by atoms with van der Waals surface area (Å²) in [6, 6.07) is 7.99. The summed E-state index contributed by atoms with van der Waals surface area (Å²) in [7, 11) is 1.92. The summed E-state index contributed by atoms with van der Waals surface area (Å²) in [5.41, 5.74) is 2.24. The van der Waals surface area contributed by atoms with Crippen molar-refractivity contribution in [2.75, 3.05) is 20.3 Å². The lowest BCUT2D eigenvalue weighted by Crippen LogP contribution is -2.19. The van der Waals surface area contributed by atoms with Gasteiger partial charge in [-0.25, -0.2) is 0 Å². The smallest absolute Gasteiger partial charge is 0.161 e. The zero-order valence-corrected chi connectivity index (χ0v) is 11.1. The van der Waals surface area contributed by atoms with Crippen molar-refractivity contribution in [3.8, 4) is 11.5 Å². The van der Waals surface area contributed by atoms with Crippen LogP contribution in [0.2, 0.25) is 0 Å². The molecule has 0 saturated carbocycles. The van der Waals surface area contributed by atoms with E-state index in [4.69, 9.17) is 13.9 Å². The summed E-state index contributed by atoms with van der Waals surface area (Å²) in [5.74, 6) is 2.54. The van der Waals surface area contributed by atoms with Crippen LogP contribution in [0.1, 0.15) is 22.9 Å². The van der Waals surface area contributed by atoms with E-state index in [1.54, 1.807) is 6.26 Å². The zero-order chi connectivity index (χ0) is 13.2. The molecule has 1 N–H and O–H groups in total. The minimum Gasteiger partial charge on any atom is -0.486 e. The van der Waals surface area contributed by atoms with Gasteiger partial charge in [-0.3, -0.25) is 0 Å². The first-order valence-corrected chi connectivity index (χ1v) is 6.40. The molecule has 1 atom stereocenters. The van der Waals surface area contributed by atoms with E-state index in [0.29, 0.717) is 13.2 Å². The van der Waals surface area contributed by atoms with Gasteiger partial charge in [0.2, 0.25) is 0 Å². The largest absolute Gasteiger partial charge is 0.486 e. The normalized spacial score (nSPS) is 15.3. The molecule has 19 heavy (non-hydrogen) atoms. The summed E-state index contributed by atoms with van der Waals surface area (Å²) in [5, 5.41) is 3.28. The fraction of sp³-hybridized carbons (Fsp3) is 0.333. The first kappa shape index (κ1) is 12.1. The minimum absolute atomic E-state index is 0.0193.